The first-order chi connectivity index (χ1) is 8.22. The SMILES string of the molecule is CCNC1CCN(C2CCOCC2C)C(C)C1. The number of hydrogen-bond acceptors (Lipinski definition) is 3. The van der Waals surface area contributed by atoms with E-state index in [4.69, 9.17) is 4.74 Å². The Labute approximate surface area is 106 Å². The molecule has 3 nitrogen and oxygen atoms in total. The molecule has 4 unspecified atom stereocenters. The van der Waals surface area contributed by atoms with Crippen LogP contribution in [0.25, 0.3) is 0 Å². The average molecular weight is 240 g/mol. The highest BCUT2D eigenvalue weighted by Gasteiger charge is 2.34. The topological polar surface area (TPSA) is 24.5 Å². The molecule has 0 aliphatic carbocycles. The van der Waals surface area contributed by atoms with Crippen LogP contribution in [0.1, 0.15) is 40.0 Å². The number of ether oxygens (including phenoxy) is 1. The molecule has 0 spiro atoms. The van der Waals surface area contributed by atoms with Gasteiger partial charge in [-0.1, -0.05) is 13.8 Å². The lowest BCUT2D eigenvalue weighted by atomic mass is 9.90. The summed E-state index contributed by atoms with van der Waals surface area (Å²) in [6, 6.07) is 2.21. The predicted octanol–water partition coefficient (Wildman–Crippen LogP) is 1.87. The molecule has 4 atom stereocenters. The van der Waals surface area contributed by atoms with Gasteiger partial charge in [0.05, 0.1) is 6.61 Å². The summed E-state index contributed by atoms with van der Waals surface area (Å²) in [5.74, 6) is 0.696. The van der Waals surface area contributed by atoms with Gasteiger partial charge in [0.1, 0.15) is 0 Å². The zero-order valence-electron chi connectivity index (χ0n) is 11.6. The highest BCUT2D eigenvalue weighted by molar-refractivity contribution is 4.89. The van der Waals surface area contributed by atoms with Crippen LogP contribution < -0.4 is 5.32 Å². The van der Waals surface area contributed by atoms with Crippen LogP contribution in [-0.2, 0) is 4.74 Å². The fourth-order valence-electron chi connectivity index (χ4n) is 3.52. The Bertz CT molecular complexity index is 234. The first-order valence-electron chi connectivity index (χ1n) is 7.29. The van der Waals surface area contributed by atoms with Crippen LogP contribution >= 0.6 is 0 Å². The third kappa shape index (κ3) is 3.21. The molecule has 2 aliphatic heterocycles. The van der Waals surface area contributed by atoms with Gasteiger partial charge in [-0.3, -0.25) is 4.90 Å². The maximum atomic E-state index is 5.56. The van der Waals surface area contributed by atoms with Gasteiger partial charge in [-0.25, -0.2) is 0 Å². The molecule has 17 heavy (non-hydrogen) atoms. The molecule has 2 fully saturated rings. The van der Waals surface area contributed by atoms with Crippen molar-refractivity contribution in [2.24, 2.45) is 5.92 Å². The fraction of sp³-hybridized carbons (Fsp3) is 1.00. The Morgan fingerprint density at radius 2 is 2.12 bits per heavy atom. The monoisotopic (exact) mass is 240 g/mol. The van der Waals surface area contributed by atoms with E-state index in [1.54, 1.807) is 0 Å². The Kier molecular flexibility index (Phi) is 4.83. The van der Waals surface area contributed by atoms with Crippen molar-refractivity contribution in [3.63, 3.8) is 0 Å². The van der Waals surface area contributed by atoms with E-state index < -0.39 is 0 Å². The van der Waals surface area contributed by atoms with Gasteiger partial charge in [-0.15, -0.1) is 0 Å². The second kappa shape index (κ2) is 6.17. The molecule has 0 saturated carbocycles. The van der Waals surface area contributed by atoms with Crippen molar-refractivity contribution in [2.75, 3.05) is 26.3 Å². The molecule has 0 aromatic carbocycles. The molecular weight excluding hydrogens is 212 g/mol. The summed E-state index contributed by atoms with van der Waals surface area (Å²) in [4.78, 5) is 2.74. The summed E-state index contributed by atoms with van der Waals surface area (Å²) in [5.41, 5.74) is 0. The highest BCUT2D eigenvalue weighted by Crippen LogP contribution is 2.27. The second-order valence-corrected chi connectivity index (χ2v) is 5.77. The molecule has 2 rings (SSSR count). The van der Waals surface area contributed by atoms with Crippen LogP contribution in [0.2, 0.25) is 0 Å². The van der Waals surface area contributed by atoms with Crippen molar-refractivity contribution in [3.8, 4) is 0 Å². The summed E-state index contributed by atoms with van der Waals surface area (Å²) < 4.78 is 5.56. The number of likely N-dealkylation sites (tertiary alicyclic amines) is 1. The van der Waals surface area contributed by atoms with Gasteiger partial charge in [-0.05, 0) is 38.6 Å². The van der Waals surface area contributed by atoms with E-state index in [-0.39, 0.29) is 0 Å². The molecule has 0 aromatic rings. The summed E-state index contributed by atoms with van der Waals surface area (Å²) >= 11 is 0. The minimum Gasteiger partial charge on any atom is -0.381 e. The molecule has 100 valence electrons. The Balaban J connectivity index is 1.89. The standard InChI is InChI=1S/C14H28N2O/c1-4-15-13-5-7-16(12(3)9-13)14-6-8-17-10-11(14)2/h11-15H,4-10H2,1-3H3. The Morgan fingerprint density at radius 1 is 1.29 bits per heavy atom. The van der Waals surface area contributed by atoms with Gasteiger partial charge < -0.3 is 10.1 Å². The van der Waals surface area contributed by atoms with E-state index in [1.807, 2.05) is 0 Å². The predicted molar refractivity (Wildman–Crippen MR) is 71.3 cm³/mol. The van der Waals surface area contributed by atoms with Crippen LogP contribution in [0.4, 0.5) is 0 Å². The number of nitrogens with one attached hydrogen (secondary N) is 1. The largest absolute Gasteiger partial charge is 0.381 e. The molecule has 2 heterocycles. The quantitative estimate of drug-likeness (QED) is 0.815. The van der Waals surface area contributed by atoms with Crippen molar-refractivity contribution in [1.82, 2.24) is 10.2 Å². The van der Waals surface area contributed by atoms with Crippen LogP contribution in [0.15, 0.2) is 0 Å². The zero-order chi connectivity index (χ0) is 12.3. The van der Waals surface area contributed by atoms with Crippen LogP contribution in [0, 0.1) is 5.92 Å². The number of hydrogen-bond donors (Lipinski definition) is 1. The van der Waals surface area contributed by atoms with Crippen molar-refractivity contribution >= 4 is 0 Å². The molecule has 2 saturated heterocycles. The minimum atomic E-state index is 0.696. The number of rotatable bonds is 3. The fourth-order valence-corrected chi connectivity index (χ4v) is 3.52. The Hall–Kier alpha value is -0.120. The summed E-state index contributed by atoms with van der Waals surface area (Å²) in [5, 5.41) is 3.60. The van der Waals surface area contributed by atoms with Gasteiger partial charge in [0.25, 0.3) is 0 Å². The molecule has 0 aromatic heterocycles. The van der Waals surface area contributed by atoms with Crippen LogP contribution in [0.5, 0.6) is 0 Å². The van der Waals surface area contributed by atoms with Crippen molar-refractivity contribution in [2.45, 2.75) is 58.2 Å². The molecule has 2 aliphatic rings. The van der Waals surface area contributed by atoms with E-state index in [0.717, 1.165) is 37.9 Å². The van der Waals surface area contributed by atoms with Crippen molar-refractivity contribution in [1.29, 1.82) is 0 Å². The number of nitrogens with zero attached hydrogens (tertiary/aromatic N) is 1. The smallest absolute Gasteiger partial charge is 0.0506 e. The van der Waals surface area contributed by atoms with Crippen molar-refractivity contribution in [3.05, 3.63) is 0 Å². The molecule has 0 radical (unpaired) electrons. The van der Waals surface area contributed by atoms with Crippen molar-refractivity contribution < 1.29 is 4.74 Å². The molecule has 3 heteroatoms. The maximum absolute atomic E-state index is 5.56. The number of piperidine rings is 1. The summed E-state index contributed by atoms with van der Waals surface area (Å²) in [7, 11) is 0. The van der Waals surface area contributed by atoms with Gasteiger partial charge in [0.15, 0.2) is 0 Å². The third-order valence-electron chi connectivity index (χ3n) is 4.44. The van der Waals surface area contributed by atoms with Gasteiger partial charge in [0, 0.05) is 31.3 Å². The lowest BCUT2D eigenvalue weighted by Crippen LogP contribution is -2.54. The van der Waals surface area contributed by atoms with E-state index in [9.17, 15) is 0 Å². The molecular formula is C14H28N2O. The third-order valence-corrected chi connectivity index (χ3v) is 4.44. The lowest BCUT2D eigenvalue weighted by molar-refractivity contribution is -0.0309. The molecule has 0 amide bonds. The highest BCUT2D eigenvalue weighted by atomic mass is 16.5. The van der Waals surface area contributed by atoms with E-state index in [2.05, 4.69) is 31.0 Å². The first kappa shape index (κ1) is 13.3. The van der Waals surface area contributed by atoms with Gasteiger partial charge >= 0.3 is 0 Å². The van der Waals surface area contributed by atoms with E-state index in [0.29, 0.717) is 5.92 Å². The second-order valence-electron chi connectivity index (χ2n) is 5.77. The molecule has 0 bridgehead atoms. The summed E-state index contributed by atoms with van der Waals surface area (Å²) in [6.07, 6.45) is 3.83. The van der Waals surface area contributed by atoms with E-state index in [1.165, 1.54) is 25.8 Å². The molecule has 1 N–H and O–H groups in total. The van der Waals surface area contributed by atoms with Crippen LogP contribution in [0.3, 0.4) is 0 Å². The lowest BCUT2D eigenvalue weighted by Gasteiger charge is -2.46. The van der Waals surface area contributed by atoms with Crippen LogP contribution in [-0.4, -0.2) is 49.3 Å². The first-order valence-corrected chi connectivity index (χ1v) is 7.29. The minimum absolute atomic E-state index is 0.696. The maximum Gasteiger partial charge on any atom is 0.0506 e. The average Bonchev–Trinajstić information content (AvgIpc) is 2.31. The normalized spacial score (nSPS) is 40.4. The Morgan fingerprint density at radius 3 is 2.76 bits per heavy atom. The van der Waals surface area contributed by atoms with Gasteiger partial charge in [0.2, 0.25) is 0 Å². The van der Waals surface area contributed by atoms with E-state index >= 15 is 0 Å². The van der Waals surface area contributed by atoms with Gasteiger partial charge in [-0.2, -0.15) is 0 Å². The summed E-state index contributed by atoms with van der Waals surface area (Å²) in [6.45, 7) is 11.2. The zero-order valence-corrected chi connectivity index (χ0v) is 11.6.